The summed E-state index contributed by atoms with van der Waals surface area (Å²) in [6.07, 6.45) is 11.4. The number of hydrogen-bond acceptors (Lipinski definition) is 2. The molecule has 1 N–H and O–H groups in total. The van der Waals surface area contributed by atoms with Crippen LogP contribution in [0.5, 0.6) is 0 Å². The minimum atomic E-state index is -3.47. The molecule has 0 aliphatic heterocycles. The summed E-state index contributed by atoms with van der Waals surface area (Å²) in [5, 5.41) is 0. The highest BCUT2D eigenvalue weighted by Gasteiger charge is 2.40. The van der Waals surface area contributed by atoms with Crippen LogP contribution in [-0.2, 0) is 10.0 Å². The molecule has 0 saturated carbocycles. The van der Waals surface area contributed by atoms with E-state index in [4.69, 9.17) is 6.42 Å². The molecule has 0 aromatic heterocycles. The van der Waals surface area contributed by atoms with Gasteiger partial charge < -0.3 is 0 Å². The third-order valence-electron chi connectivity index (χ3n) is 3.55. The molecule has 0 fully saturated rings. The molecule has 1 aromatic rings. The Kier molecular flexibility index (Phi) is 4.12. The van der Waals surface area contributed by atoms with E-state index < -0.39 is 14.8 Å². The van der Waals surface area contributed by atoms with Crippen LogP contribution < -0.4 is 4.72 Å². The molecule has 1 aliphatic rings. The lowest BCUT2D eigenvalue weighted by Gasteiger charge is -2.29. The van der Waals surface area contributed by atoms with Gasteiger partial charge in [-0.2, -0.15) is 0 Å². The number of sulfonamides is 1. The van der Waals surface area contributed by atoms with Gasteiger partial charge in [0.1, 0.15) is 4.75 Å². The van der Waals surface area contributed by atoms with Gasteiger partial charge in [-0.25, -0.2) is 13.1 Å². The number of nitrogens with one attached hydrogen (secondary N) is 1. The second-order valence-corrected chi connectivity index (χ2v) is 6.94. The van der Waals surface area contributed by atoms with Crippen molar-refractivity contribution < 1.29 is 8.42 Å². The molecule has 1 unspecified atom stereocenters. The van der Waals surface area contributed by atoms with Gasteiger partial charge in [-0.05, 0) is 24.6 Å². The molecule has 4 heteroatoms. The van der Waals surface area contributed by atoms with E-state index in [0.29, 0.717) is 6.42 Å². The summed E-state index contributed by atoms with van der Waals surface area (Å²) in [6, 6.07) is 9.86. The van der Waals surface area contributed by atoms with Gasteiger partial charge in [-0.15, -0.1) is 12.3 Å². The van der Waals surface area contributed by atoms with E-state index >= 15 is 0 Å². The summed E-state index contributed by atoms with van der Waals surface area (Å²) in [5.41, 5.74) is 2.09. The molecule has 1 aromatic carbocycles. The Morgan fingerprint density at radius 1 is 1.35 bits per heavy atom. The molecule has 2 rings (SSSR count). The Bertz CT molecular complexity index is 681. The van der Waals surface area contributed by atoms with E-state index in [9.17, 15) is 8.42 Å². The van der Waals surface area contributed by atoms with Crippen molar-refractivity contribution in [2.75, 3.05) is 7.05 Å². The van der Waals surface area contributed by atoms with Gasteiger partial charge in [0.05, 0.1) is 0 Å². The number of allylic oxidation sites excluding steroid dienone is 3. The number of terminal acetylenes is 1. The maximum Gasteiger partial charge on any atom is 0.221 e. The van der Waals surface area contributed by atoms with Crippen LogP contribution in [0.15, 0.2) is 48.6 Å². The van der Waals surface area contributed by atoms with Crippen LogP contribution in [0.4, 0.5) is 0 Å². The zero-order valence-electron chi connectivity index (χ0n) is 11.3. The Morgan fingerprint density at radius 2 is 2.05 bits per heavy atom. The molecule has 20 heavy (non-hydrogen) atoms. The van der Waals surface area contributed by atoms with Gasteiger partial charge in [0.25, 0.3) is 0 Å². The Balaban J connectivity index is 2.35. The monoisotopic (exact) mass is 287 g/mol. The molecule has 1 atom stereocenters. The maximum atomic E-state index is 12.2. The zero-order chi connectivity index (χ0) is 14.6. The van der Waals surface area contributed by atoms with E-state index in [2.05, 4.69) is 10.6 Å². The lowest BCUT2D eigenvalue weighted by Crippen LogP contribution is -2.43. The summed E-state index contributed by atoms with van der Waals surface area (Å²) < 4.78 is 25.8. The normalized spacial score (nSPS) is 22.1. The first-order valence-electron chi connectivity index (χ1n) is 6.36. The SMILES string of the molecule is C#CCC1(S(=O)(=O)NC)C=CC(c2ccccc2)=CC1. The van der Waals surface area contributed by atoms with E-state index in [0.717, 1.165) is 11.1 Å². The van der Waals surface area contributed by atoms with E-state index in [1.807, 2.05) is 42.5 Å². The average Bonchev–Trinajstić information content (AvgIpc) is 2.49. The number of hydrogen-bond donors (Lipinski definition) is 1. The molecule has 0 heterocycles. The quantitative estimate of drug-likeness (QED) is 0.864. The fourth-order valence-electron chi connectivity index (χ4n) is 2.31. The minimum absolute atomic E-state index is 0.158. The molecule has 0 spiro atoms. The van der Waals surface area contributed by atoms with Crippen molar-refractivity contribution in [3.63, 3.8) is 0 Å². The molecule has 0 saturated heterocycles. The van der Waals surface area contributed by atoms with Crippen molar-refractivity contribution in [1.82, 2.24) is 4.72 Å². The molecule has 0 radical (unpaired) electrons. The average molecular weight is 287 g/mol. The van der Waals surface area contributed by atoms with E-state index in [1.54, 1.807) is 6.08 Å². The summed E-state index contributed by atoms with van der Waals surface area (Å²) in [5.74, 6) is 2.47. The van der Waals surface area contributed by atoms with Crippen molar-refractivity contribution in [3.05, 3.63) is 54.1 Å². The maximum absolute atomic E-state index is 12.2. The van der Waals surface area contributed by atoms with Crippen LogP contribution in [-0.4, -0.2) is 20.2 Å². The molecule has 104 valence electrons. The van der Waals surface area contributed by atoms with Gasteiger partial charge in [-0.1, -0.05) is 48.6 Å². The van der Waals surface area contributed by atoms with Crippen LogP contribution in [0.3, 0.4) is 0 Å². The third kappa shape index (κ3) is 2.55. The standard InChI is InChI=1S/C16H17NO2S/c1-3-11-16(20(18,19)17-2)12-9-15(10-13-16)14-7-5-4-6-8-14/h1,4-10,12,17H,11,13H2,2H3. The van der Waals surface area contributed by atoms with Crippen LogP contribution in [0, 0.1) is 12.3 Å². The van der Waals surface area contributed by atoms with E-state index in [1.165, 1.54) is 7.05 Å². The van der Waals surface area contributed by atoms with Crippen molar-refractivity contribution in [1.29, 1.82) is 0 Å². The lowest BCUT2D eigenvalue weighted by atomic mass is 9.90. The lowest BCUT2D eigenvalue weighted by molar-refractivity contribution is 0.545. The minimum Gasteiger partial charge on any atom is -0.218 e. The smallest absolute Gasteiger partial charge is 0.218 e. The summed E-state index contributed by atoms with van der Waals surface area (Å²) >= 11 is 0. The second-order valence-electron chi connectivity index (χ2n) is 4.72. The third-order valence-corrected chi connectivity index (χ3v) is 5.60. The van der Waals surface area contributed by atoms with Gasteiger partial charge in [0.2, 0.25) is 10.0 Å². The summed E-state index contributed by atoms with van der Waals surface area (Å²) in [6.45, 7) is 0. The predicted octanol–water partition coefficient (Wildman–Crippen LogP) is 2.34. The van der Waals surface area contributed by atoms with Crippen molar-refractivity contribution in [2.45, 2.75) is 17.6 Å². The highest BCUT2D eigenvalue weighted by Crippen LogP contribution is 2.34. The highest BCUT2D eigenvalue weighted by atomic mass is 32.2. The van der Waals surface area contributed by atoms with Gasteiger partial charge in [-0.3, -0.25) is 0 Å². The summed E-state index contributed by atoms with van der Waals surface area (Å²) in [4.78, 5) is 0. The first-order valence-corrected chi connectivity index (χ1v) is 7.84. The largest absolute Gasteiger partial charge is 0.221 e. The van der Waals surface area contributed by atoms with Crippen LogP contribution >= 0.6 is 0 Å². The highest BCUT2D eigenvalue weighted by molar-refractivity contribution is 7.91. The second kappa shape index (κ2) is 5.66. The summed E-state index contributed by atoms with van der Waals surface area (Å²) in [7, 11) is -2.06. The number of rotatable bonds is 4. The Morgan fingerprint density at radius 3 is 2.55 bits per heavy atom. The van der Waals surface area contributed by atoms with Crippen LogP contribution in [0.1, 0.15) is 18.4 Å². The molecular weight excluding hydrogens is 270 g/mol. The zero-order valence-corrected chi connectivity index (χ0v) is 12.2. The van der Waals surface area contributed by atoms with Crippen molar-refractivity contribution in [2.24, 2.45) is 0 Å². The topological polar surface area (TPSA) is 46.2 Å². The van der Waals surface area contributed by atoms with Crippen LogP contribution in [0.25, 0.3) is 5.57 Å². The molecule has 3 nitrogen and oxygen atoms in total. The van der Waals surface area contributed by atoms with Crippen molar-refractivity contribution in [3.8, 4) is 12.3 Å². The Labute approximate surface area is 120 Å². The number of benzene rings is 1. The predicted molar refractivity (Wildman–Crippen MR) is 82.3 cm³/mol. The van der Waals surface area contributed by atoms with Gasteiger partial charge in [0, 0.05) is 6.42 Å². The molecule has 1 aliphatic carbocycles. The van der Waals surface area contributed by atoms with E-state index in [-0.39, 0.29) is 6.42 Å². The fraction of sp³-hybridized carbons (Fsp3) is 0.250. The fourth-order valence-corrected chi connectivity index (χ4v) is 3.54. The molecular formula is C16H17NO2S. The first kappa shape index (κ1) is 14.6. The Hall–Kier alpha value is -1.83. The van der Waals surface area contributed by atoms with Gasteiger partial charge in [0.15, 0.2) is 0 Å². The van der Waals surface area contributed by atoms with Crippen LogP contribution in [0.2, 0.25) is 0 Å². The van der Waals surface area contributed by atoms with Crippen molar-refractivity contribution >= 4 is 15.6 Å². The van der Waals surface area contributed by atoms with Gasteiger partial charge >= 0.3 is 0 Å². The first-order chi connectivity index (χ1) is 9.54. The molecule has 0 bridgehead atoms. The molecule has 0 amide bonds.